The van der Waals surface area contributed by atoms with Gasteiger partial charge in [0.05, 0.1) is 11.3 Å². The molecule has 3 rings (SSSR count). The predicted molar refractivity (Wildman–Crippen MR) is 99.2 cm³/mol. The molecule has 0 radical (unpaired) electrons. The van der Waals surface area contributed by atoms with Gasteiger partial charge in [-0.3, -0.25) is 9.59 Å². The van der Waals surface area contributed by atoms with Crippen LogP contribution in [0.3, 0.4) is 0 Å². The largest absolute Gasteiger partial charge is 0.481 e. The molecule has 148 valence electrons. The SMILES string of the molecule is CC(C(=O)O)c1cccc(NC(=O)C2(c3ccc(F)cc3F)CCOCC2)c1. The number of amides is 1. The Morgan fingerprint density at radius 2 is 1.86 bits per heavy atom. The van der Waals surface area contributed by atoms with Gasteiger partial charge in [0, 0.05) is 30.5 Å². The Labute approximate surface area is 161 Å². The maximum atomic E-state index is 14.5. The highest BCUT2D eigenvalue weighted by atomic mass is 19.1. The summed E-state index contributed by atoms with van der Waals surface area (Å²) in [6, 6.07) is 9.76. The normalized spacial score (nSPS) is 17.0. The molecule has 1 unspecified atom stereocenters. The number of carbonyl (C=O) groups excluding carboxylic acids is 1. The molecule has 1 saturated heterocycles. The van der Waals surface area contributed by atoms with Crippen LogP contribution in [0.5, 0.6) is 0 Å². The first-order valence-corrected chi connectivity index (χ1v) is 9.01. The van der Waals surface area contributed by atoms with E-state index in [4.69, 9.17) is 4.74 Å². The molecule has 28 heavy (non-hydrogen) atoms. The monoisotopic (exact) mass is 389 g/mol. The van der Waals surface area contributed by atoms with E-state index in [1.54, 1.807) is 31.2 Å². The summed E-state index contributed by atoms with van der Waals surface area (Å²) in [5.41, 5.74) is -0.0993. The van der Waals surface area contributed by atoms with Crippen molar-refractivity contribution < 1.29 is 28.2 Å². The van der Waals surface area contributed by atoms with Gasteiger partial charge in [0.25, 0.3) is 0 Å². The minimum absolute atomic E-state index is 0.129. The van der Waals surface area contributed by atoms with Crippen molar-refractivity contribution in [3.63, 3.8) is 0 Å². The minimum atomic E-state index is -1.19. The minimum Gasteiger partial charge on any atom is -0.481 e. The number of aliphatic carboxylic acids is 1. The number of ether oxygens (including phenoxy) is 1. The van der Waals surface area contributed by atoms with E-state index in [-0.39, 0.29) is 31.6 Å². The van der Waals surface area contributed by atoms with Crippen LogP contribution in [0.1, 0.15) is 36.8 Å². The van der Waals surface area contributed by atoms with Crippen molar-refractivity contribution in [1.29, 1.82) is 0 Å². The van der Waals surface area contributed by atoms with Crippen molar-refractivity contribution in [3.05, 3.63) is 65.2 Å². The van der Waals surface area contributed by atoms with Crippen LogP contribution in [0.4, 0.5) is 14.5 Å². The summed E-state index contributed by atoms with van der Waals surface area (Å²) in [5, 5.41) is 12.0. The van der Waals surface area contributed by atoms with Gasteiger partial charge in [-0.05, 0) is 43.5 Å². The topological polar surface area (TPSA) is 75.6 Å². The van der Waals surface area contributed by atoms with E-state index >= 15 is 0 Å². The Kier molecular flexibility index (Phi) is 5.74. The molecule has 0 aromatic heterocycles. The van der Waals surface area contributed by atoms with Gasteiger partial charge >= 0.3 is 5.97 Å². The molecule has 5 nitrogen and oxygen atoms in total. The zero-order valence-electron chi connectivity index (χ0n) is 15.4. The van der Waals surface area contributed by atoms with E-state index in [9.17, 15) is 23.5 Å². The quantitative estimate of drug-likeness (QED) is 0.815. The van der Waals surface area contributed by atoms with Crippen LogP contribution in [0.2, 0.25) is 0 Å². The van der Waals surface area contributed by atoms with Crippen LogP contribution in [-0.4, -0.2) is 30.2 Å². The summed E-state index contributed by atoms with van der Waals surface area (Å²) in [6.07, 6.45) is 0.513. The fourth-order valence-corrected chi connectivity index (χ4v) is 3.50. The van der Waals surface area contributed by atoms with E-state index in [1.165, 1.54) is 6.07 Å². The number of hydrogen-bond donors (Lipinski definition) is 2. The third-order valence-corrected chi connectivity index (χ3v) is 5.24. The van der Waals surface area contributed by atoms with Gasteiger partial charge in [0.1, 0.15) is 11.6 Å². The lowest BCUT2D eigenvalue weighted by molar-refractivity contribution is -0.138. The number of anilines is 1. The zero-order valence-corrected chi connectivity index (χ0v) is 15.4. The van der Waals surface area contributed by atoms with Gasteiger partial charge in [0.2, 0.25) is 5.91 Å². The number of benzene rings is 2. The van der Waals surface area contributed by atoms with Gasteiger partial charge in [-0.1, -0.05) is 18.2 Å². The zero-order chi connectivity index (χ0) is 20.3. The molecule has 1 aliphatic rings. The maximum Gasteiger partial charge on any atom is 0.310 e. The van der Waals surface area contributed by atoms with Gasteiger partial charge < -0.3 is 15.2 Å². The summed E-state index contributed by atoms with van der Waals surface area (Å²) in [5.74, 6) is -3.62. The second-order valence-corrected chi connectivity index (χ2v) is 6.96. The molecule has 2 N–H and O–H groups in total. The van der Waals surface area contributed by atoms with E-state index in [0.717, 1.165) is 12.1 Å². The molecular formula is C21H21F2NO4. The standard InChI is InChI=1S/C21H21F2NO4/c1-13(19(25)26)14-3-2-4-16(11-14)24-20(27)21(7-9-28-10-8-21)17-6-5-15(22)12-18(17)23/h2-6,11-13H,7-10H2,1H3,(H,24,27)(H,25,26). The number of carbonyl (C=O) groups is 2. The molecule has 2 aromatic rings. The van der Waals surface area contributed by atoms with Crippen molar-refractivity contribution in [2.24, 2.45) is 0 Å². The molecule has 1 fully saturated rings. The van der Waals surface area contributed by atoms with Crippen LogP contribution >= 0.6 is 0 Å². The maximum absolute atomic E-state index is 14.5. The Balaban J connectivity index is 1.93. The van der Waals surface area contributed by atoms with Crippen LogP contribution in [0, 0.1) is 11.6 Å². The Morgan fingerprint density at radius 1 is 1.14 bits per heavy atom. The highest BCUT2D eigenvalue weighted by Crippen LogP contribution is 2.38. The number of carboxylic acid groups (broad SMARTS) is 1. The molecule has 0 spiro atoms. The van der Waals surface area contributed by atoms with Crippen molar-refractivity contribution >= 4 is 17.6 Å². The van der Waals surface area contributed by atoms with Crippen molar-refractivity contribution in [2.45, 2.75) is 31.1 Å². The first-order valence-electron chi connectivity index (χ1n) is 9.01. The molecule has 0 saturated carbocycles. The van der Waals surface area contributed by atoms with E-state index in [1.807, 2.05) is 0 Å². The number of nitrogens with one attached hydrogen (secondary N) is 1. The van der Waals surface area contributed by atoms with E-state index in [2.05, 4.69) is 5.32 Å². The Hall–Kier alpha value is -2.80. The first kappa shape index (κ1) is 19.9. The molecule has 1 atom stereocenters. The molecule has 0 aliphatic carbocycles. The molecule has 1 amide bonds. The average Bonchev–Trinajstić information content (AvgIpc) is 2.68. The summed E-state index contributed by atoms with van der Waals surface area (Å²) >= 11 is 0. The lowest BCUT2D eigenvalue weighted by atomic mass is 9.73. The summed E-state index contributed by atoms with van der Waals surface area (Å²) in [7, 11) is 0. The average molecular weight is 389 g/mol. The Morgan fingerprint density at radius 3 is 2.50 bits per heavy atom. The fraction of sp³-hybridized carbons (Fsp3) is 0.333. The predicted octanol–water partition coefficient (Wildman–Crippen LogP) is 3.84. The highest BCUT2D eigenvalue weighted by Gasteiger charge is 2.43. The fourth-order valence-electron chi connectivity index (χ4n) is 3.50. The van der Waals surface area contributed by atoms with Crippen LogP contribution in [-0.2, 0) is 19.7 Å². The number of rotatable bonds is 5. The summed E-state index contributed by atoms with van der Waals surface area (Å²) < 4.78 is 33.2. The first-order chi connectivity index (χ1) is 13.3. The smallest absolute Gasteiger partial charge is 0.310 e. The lowest BCUT2D eigenvalue weighted by Gasteiger charge is -2.36. The molecular weight excluding hydrogens is 368 g/mol. The number of hydrogen-bond acceptors (Lipinski definition) is 3. The van der Waals surface area contributed by atoms with Crippen LogP contribution in [0.25, 0.3) is 0 Å². The lowest BCUT2D eigenvalue weighted by Crippen LogP contribution is -2.45. The van der Waals surface area contributed by atoms with Crippen LogP contribution < -0.4 is 5.32 Å². The third-order valence-electron chi connectivity index (χ3n) is 5.24. The van der Waals surface area contributed by atoms with E-state index in [0.29, 0.717) is 11.3 Å². The van der Waals surface area contributed by atoms with Gasteiger partial charge in [-0.2, -0.15) is 0 Å². The summed E-state index contributed by atoms with van der Waals surface area (Å²) in [4.78, 5) is 24.4. The van der Waals surface area contributed by atoms with Crippen molar-refractivity contribution in [2.75, 3.05) is 18.5 Å². The molecule has 2 aromatic carbocycles. The second kappa shape index (κ2) is 8.06. The Bertz CT molecular complexity index is 894. The molecule has 1 aliphatic heterocycles. The van der Waals surface area contributed by atoms with Gasteiger partial charge in [0.15, 0.2) is 0 Å². The molecule has 0 bridgehead atoms. The van der Waals surface area contributed by atoms with Gasteiger partial charge in [-0.25, -0.2) is 8.78 Å². The molecule has 7 heteroatoms. The van der Waals surface area contributed by atoms with Crippen molar-refractivity contribution in [3.8, 4) is 0 Å². The van der Waals surface area contributed by atoms with Gasteiger partial charge in [-0.15, -0.1) is 0 Å². The number of halogens is 2. The van der Waals surface area contributed by atoms with E-state index < -0.39 is 34.8 Å². The summed E-state index contributed by atoms with van der Waals surface area (Å²) in [6.45, 7) is 2.11. The highest BCUT2D eigenvalue weighted by molar-refractivity contribution is 5.99. The van der Waals surface area contributed by atoms with Crippen molar-refractivity contribution in [1.82, 2.24) is 0 Å². The number of carboxylic acids is 1. The third kappa shape index (κ3) is 3.89. The molecule has 1 heterocycles. The van der Waals surface area contributed by atoms with Crippen LogP contribution in [0.15, 0.2) is 42.5 Å². The second-order valence-electron chi connectivity index (χ2n) is 6.96.